The SMILES string of the molecule is COc1ccc2c(c1)N[C@@]1(COC3(CCN(Cc4ccc(Cl)cc4)CC3)C1)c1cccn1-2. The average Bonchev–Trinajstić information content (AvgIpc) is 3.44. The molecule has 0 bridgehead atoms. The summed E-state index contributed by atoms with van der Waals surface area (Å²) in [4.78, 5) is 2.53. The molecule has 1 aromatic heterocycles. The van der Waals surface area contributed by atoms with Crippen LogP contribution in [-0.2, 0) is 16.8 Å². The van der Waals surface area contributed by atoms with Crippen LogP contribution in [-0.4, -0.2) is 41.9 Å². The van der Waals surface area contributed by atoms with E-state index in [4.69, 9.17) is 21.1 Å². The molecule has 3 aliphatic rings. The Morgan fingerprint density at radius 1 is 1.09 bits per heavy atom. The molecule has 2 fully saturated rings. The molecule has 1 N–H and O–H groups in total. The Labute approximate surface area is 193 Å². The van der Waals surface area contributed by atoms with E-state index < -0.39 is 0 Å². The van der Waals surface area contributed by atoms with Crippen molar-refractivity contribution in [3.8, 4) is 11.4 Å². The zero-order chi connectivity index (χ0) is 21.8. The highest BCUT2D eigenvalue weighted by Gasteiger charge is 2.53. The van der Waals surface area contributed by atoms with E-state index in [2.05, 4.69) is 57.4 Å². The minimum atomic E-state index is -0.207. The maximum atomic E-state index is 6.64. The minimum absolute atomic E-state index is 0.0744. The van der Waals surface area contributed by atoms with Crippen molar-refractivity contribution >= 4 is 17.3 Å². The summed E-state index contributed by atoms with van der Waals surface area (Å²) >= 11 is 6.04. The molecule has 3 aromatic rings. The topological polar surface area (TPSA) is 38.7 Å². The molecule has 0 aliphatic carbocycles. The predicted molar refractivity (Wildman–Crippen MR) is 127 cm³/mol. The third-order valence-electron chi connectivity index (χ3n) is 7.41. The van der Waals surface area contributed by atoms with Crippen LogP contribution in [0.5, 0.6) is 5.75 Å². The van der Waals surface area contributed by atoms with Crippen molar-refractivity contribution in [2.45, 2.75) is 36.9 Å². The van der Waals surface area contributed by atoms with Gasteiger partial charge in [-0.1, -0.05) is 23.7 Å². The van der Waals surface area contributed by atoms with Crippen molar-refractivity contribution in [2.24, 2.45) is 0 Å². The summed E-state index contributed by atoms with van der Waals surface area (Å²) in [7, 11) is 1.72. The quantitative estimate of drug-likeness (QED) is 0.595. The van der Waals surface area contributed by atoms with Gasteiger partial charge in [-0.05, 0) is 54.8 Å². The van der Waals surface area contributed by atoms with Crippen molar-refractivity contribution < 1.29 is 9.47 Å². The molecule has 0 saturated carbocycles. The number of piperidine rings is 1. The first kappa shape index (κ1) is 20.2. The second kappa shape index (κ2) is 7.55. The normalized spacial score (nSPS) is 23.7. The van der Waals surface area contributed by atoms with Crippen molar-refractivity contribution in [1.29, 1.82) is 0 Å². The molecule has 4 heterocycles. The van der Waals surface area contributed by atoms with Gasteiger partial charge in [-0.3, -0.25) is 4.90 Å². The Morgan fingerprint density at radius 3 is 2.69 bits per heavy atom. The lowest BCUT2D eigenvalue weighted by Crippen LogP contribution is -2.46. The van der Waals surface area contributed by atoms with Crippen molar-refractivity contribution in [3.05, 3.63) is 77.1 Å². The van der Waals surface area contributed by atoms with Gasteiger partial charge in [-0.2, -0.15) is 0 Å². The Morgan fingerprint density at radius 2 is 1.91 bits per heavy atom. The Kier molecular flexibility index (Phi) is 4.75. The van der Waals surface area contributed by atoms with E-state index in [1.165, 1.54) is 11.3 Å². The molecular weight excluding hydrogens is 422 g/mol. The van der Waals surface area contributed by atoms with Crippen LogP contribution in [0.4, 0.5) is 5.69 Å². The smallest absolute Gasteiger partial charge is 0.121 e. The predicted octanol–water partition coefficient (Wildman–Crippen LogP) is 5.22. The van der Waals surface area contributed by atoms with E-state index in [9.17, 15) is 0 Å². The molecule has 2 spiro atoms. The number of hydrogen-bond donors (Lipinski definition) is 1. The molecule has 5 nitrogen and oxygen atoms in total. The van der Waals surface area contributed by atoms with Gasteiger partial charge in [0.05, 0.1) is 36.4 Å². The van der Waals surface area contributed by atoms with Crippen LogP contribution >= 0.6 is 11.6 Å². The lowest BCUT2D eigenvalue weighted by Gasteiger charge is -2.41. The van der Waals surface area contributed by atoms with Crippen molar-refractivity contribution in [2.75, 3.05) is 32.1 Å². The number of likely N-dealkylation sites (tertiary alicyclic amines) is 1. The summed E-state index contributed by atoms with van der Waals surface area (Å²) in [5, 5.41) is 4.66. The molecule has 0 amide bonds. The van der Waals surface area contributed by atoms with Gasteiger partial charge >= 0.3 is 0 Å². The van der Waals surface area contributed by atoms with Gasteiger partial charge in [0.25, 0.3) is 0 Å². The van der Waals surface area contributed by atoms with Gasteiger partial charge in [-0.25, -0.2) is 0 Å². The van der Waals surface area contributed by atoms with Gasteiger partial charge in [0, 0.05) is 43.3 Å². The van der Waals surface area contributed by atoms with Gasteiger partial charge < -0.3 is 19.4 Å². The largest absolute Gasteiger partial charge is 0.497 e. The number of anilines is 1. The van der Waals surface area contributed by atoms with E-state index in [1.807, 2.05) is 18.2 Å². The molecule has 6 heteroatoms. The summed E-state index contributed by atoms with van der Waals surface area (Å²) in [6.45, 7) is 3.74. The number of nitrogens with one attached hydrogen (secondary N) is 1. The van der Waals surface area contributed by atoms with Crippen LogP contribution in [0.1, 0.15) is 30.5 Å². The van der Waals surface area contributed by atoms with E-state index in [1.54, 1.807) is 7.11 Å². The fourth-order valence-electron chi connectivity index (χ4n) is 5.72. The van der Waals surface area contributed by atoms with Crippen molar-refractivity contribution in [1.82, 2.24) is 9.47 Å². The number of hydrogen-bond acceptors (Lipinski definition) is 4. The van der Waals surface area contributed by atoms with Crippen LogP contribution in [0.25, 0.3) is 5.69 Å². The summed E-state index contributed by atoms with van der Waals surface area (Å²) in [5.41, 5.74) is 4.59. The van der Waals surface area contributed by atoms with Crippen LogP contribution in [0.3, 0.4) is 0 Å². The molecule has 2 saturated heterocycles. The van der Waals surface area contributed by atoms with Crippen molar-refractivity contribution in [3.63, 3.8) is 0 Å². The van der Waals surface area contributed by atoms with Gasteiger partial charge in [0.1, 0.15) is 11.3 Å². The maximum absolute atomic E-state index is 6.64. The van der Waals surface area contributed by atoms with Crippen LogP contribution in [0, 0.1) is 0 Å². The summed E-state index contributed by atoms with van der Waals surface area (Å²) in [6, 6.07) is 18.8. The fourth-order valence-corrected chi connectivity index (χ4v) is 5.84. The van der Waals surface area contributed by atoms with Crippen LogP contribution in [0.2, 0.25) is 5.02 Å². The number of rotatable bonds is 3. The second-order valence-electron chi connectivity index (χ2n) is 9.40. The number of halogens is 1. The van der Waals surface area contributed by atoms with E-state index in [0.29, 0.717) is 6.61 Å². The summed E-state index contributed by atoms with van der Waals surface area (Å²) in [6.07, 6.45) is 5.24. The van der Waals surface area contributed by atoms with Gasteiger partial charge in [-0.15, -0.1) is 0 Å². The molecule has 6 rings (SSSR count). The number of benzene rings is 2. The highest BCUT2D eigenvalue weighted by atomic mass is 35.5. The van der Waals surface area contributed by atoms with E-state index >= 15 is 0 Å². The number of ether oxygens (including phenoxy) is 2. The number of aromatic nitrogens is 1. The summed E-state index contributed by atoms with van der Waals surface area (Å²) in [5.74, 6) is 0.867. The first-order chi connectivity index (χ1) is 15.6. The zero-order valence-corrected chi connectivity index (χ0v) is 19.1. The molecule has 3 aliphatic heterocycles. The molecule has 166 valence electrons. The highest BCUT2D eigenvalue weighted by Crippen LogP contribution is 2.50. The van der Waals surface area contributed by atoms with Crippen LogP contribution < -0.4 is 10.1 Å². The third-order valence-corrected chi connectivity index (χ3v) is 7.66. The first-order valence-electron chi connectivity index (χ1n) is 11.3. The summed E-state index contributed by atoms with van der Waals surface area (Å²) < 4.78 is 14.4. The Bertz CT molecular complexity index is 1130. The highest BCUT2D eigenvalue weighted by molar-refractivity contribution is 6.30. The van der Waals surface area contributed by atoms with Gasteiger partial charge in [0.15, 0.2) is 0 Å². The number of methoxy groups -OCH3 is 1. The zero-order valence-electron chi connectivity index (χ0n) is 18.3. The Balaban J connectivity index is 1.21. The van der Waals surface area contributed by atoms with E-state index in [0.717, 1.165) is 61.0 Å². The minimum Gasteiger partial charge on any atom is -0.497 e. The molecular formula is C26H28ClN3O2. The molecule has 2 aromatic carbocycles. The molecule has 0 radical (unpaired) electrons. The third kappa shape index (κ3) is 3.31. The molecule has 0 unspecified atom stereocenters. The average molecular weight is 450 g/mol. The van der Waals surface area contributed by atoms with E-state index in [-0.39, 0.29) is 11.1 Å². The molecule has 1 atom stereocenters. The lowest BCUT2D eigenvalue weighted by molar-refractivity contribution is -0.0451. The molecule has 32 heavy (non-hydrogen) atoms. The standard InChI is InChI=1S/C26H28ClN3O2/c1-31-21-8-9-23-22(15-21)28-26(24-3-2-12-30(23)24)17-25(32-18-26)10-13-29(14-11-25)16-19-4-6-20(27)7-5-19/h2-9,12,15,28H,10-11,13-14,16-18H2,1H3/t26-/m0/s1. The first-order valence-corrected chi connectivity index (χ1v) is 11.7. The fraction of sp³-hybridized carbons (Fsp3) is 0.385. The maximum Gasteiger partial charge on any atom is 0.121 e. The Hall–Kier alpha value is -2.47. The number of nitrogens with zero attached hydrogens (tertiary/aromatic N) is 2. The lowest BCUT2D eigenvalue weighted by atomic mass is 9.79. The van der Waals surface area contributed by atoms with Gasteiger partial charge in [0.2, 0.25) is 0 Å². The van der Waals surface area contributed by atoms with Crippen LogP contribution in [0.15, 0.2) is 60.8 Å². The monoisotopic (exact) mass is 449 g/mol. The second-order valence-corrected chi connectivity index (χ2v) is 9.84. The number of fused-ring (bicyclic) bond motifs is 4.